The third-order valence-electron chi connectivity index (χ3n) is 3.49. The maximum absolute atomic E-state index is 12.1. The summed E-state index contributed by atoms with van der Waals surface area (Å²) in [5.74, 6) is -0.115. The van der Waals surface area contributed by atoms with E-state index in [-0.39, 0.29) is 5.91 Å². The van der Waals surface area contributed by atoms with Crippen LogP contribution in [0.2, 0.25) is 0 Å². The van der Waals surface area contributed by atoms with Gasteiger partial charge in [0, 0.05) is 20.1 Å². The third kappa shape index (κ3) is 2.64. The molecule has 1 saturated heterocycles. The maximum atomic E-state index is 12.1. The molecule has 1 amide bonds. The van der Waals surface area contributed by atoms with E-state index in [0.29, 0.717) is 17.9 Å². The van der Waals surface area contributed by atoms with Crippen molar-refractivity contribution in [1.82, 2.24) is 20.0 Å². The Morgan fingerprint density at radius 2 is 2.17 bits per heavy atom. The minimum absolute atomic E-state index is 0.115. The number of nitrogens with two attached hydrogens (primary N) is 1. The van der Waals surface area contributed by atoms with Crippen LogP contribution in [-0.4, -0.2) is 59.1 Å². The van der Waals surface area contributed by atoms with Gasteiger partial charge in [0.1, 0.15) is 0 Å². The van der Waals surface area contributed by atoms with Gasteiger partial charge < -0.3 is 15.5 Å². The number of aromatic amines is 1. The third-order valence-corrected chi connectivity index (χ3v) is 3.49. The van der Waals surface area contributed by atoms with Crippen molar-refractivity contribution in [3.63, 3.8) is 0 Å². The standard InChI is InChI=1S/C12H21N5O/c1-9-10(13)11(15-14-9)12(18)16(2)7-8-17-5-3-4-6-17/h3-8,13H2,1-2H3,(H,14,15). The van der Waals surface area contributed by atoms with E-state index in [0.717, 1.165) is 25.3 Å². The van der Waals surface area contributed by atoms with Gasteiger partial charge in [-0.25, -0.2) is 0 Å². The molecule has 1 aliphatic heterocycles. The van der Waals surface area contributed by atoms with Crippen LogP contribution in [-0.2, 0) is 0 Å². The van der Waals surface area contributed by atoms with Crippen LogP contribution in [0.4, 0.5) is 5.69 Å². The molecule has 1 aromatic rings. The van der Waals surface area contributed by atoms with E-state index < -0.39 is 0 Å². The Bertz CT molecular complexity index is 422. The lowest BCUT2D eigenvalue weighted by atomic mass is 10.3. The number of nitrogen functional groups attached to an aromatic ring is 1. The molecule has 2 rings (SSSR count). The van der Waals surface area contributed by atoms with E-state index >= 15 is 0 Å². The zero-order valence-corrected chi connectivity index (χ0v) is 11.1. The second-order valence-corrected chi connectivity index (χ2v) is 4.89. The van der Waals surface area contributed by atoms with Crippen molar-refractivity contribution in [3.8, 4) is 0 Å². The summed E-state index contributed by atoms with van der Waals surface area (Å²) in [6.07, 6.45) is 2.53. The quantitative estimate of drug-likeness (QED) is 0.815. The Kier molecular flexibility index (Phi) is 3.86. The van der Waals surface area contributed by atoms with E-state index in [1.807, 2.05) is 6.92 Å². The van der Waals surface area contributed by atoms with Crippen LogP contribution in [0.15, 0.2) is 0 Å². The summed E-state index contributed by atoms with van der Waals surface area (Å²) in [5, 5.41) is 6.70. The van der Waals surface area contributed by atoms with Gasteiger partial charge in [-0.1, -0.05) is 0 Å². The molecule has 1 aliphatic rings. The van der Waals surface area contributed by atoms with Crippen LogP contribution >= 0.6 is 0 Å². The minimum atomic E-state index is -0.115. The maximum Gasteiger partial charge on any atom is 0.276 e. The predicted octanol–water partition coefficient (Wildman–Crippen LogP) is 0.468. The Morgan fingerprint density at radius 3 is 2.72 bits per heavy atom. The molecule has 6 nitrogen and oxygen atoms in total. The Labute approximate surface area is 107 Å². The summed E-state index contributed by atoms with van der Waals surface area (Å²) >= 11 is 0. The molecule has 0 spiro atoms. The number of likely N-dealkylation sites (N-methyl/N-ethyl adjacent to an activating group) is 1. The molecular weight excluding hydrogens is 230 g/mol. The highest BCUT2D eigenvalue weighted by Gasteiger charge is 2.20. The van der Waals surface area contributed by atoms with Gasteiger partial charge in [0.05, 0.1) is 11.4 Å². The van der Waals surface area contributed by atoms with Crippen LogP contribution in [0.3, 0.4) is 0 Å². The first kappa shape index (κ1) is 12.9. The Hall–Kier alpha value is -1.56. The lowest BCUT2D eigenvalue weighted by Crippen LogP contribution is -2.35. The van der Waals surface area contributed by atoms with Crippen molar-refractivity contribution in [1.29, 1.82) is 0 Å². The van der Waals surface area contributed by atoms with Crippen molar-refractivity contribution in [2.24, 2.45) is 0 Å². The number of nitrogens with one attached hydrogen (secondary N) is 1. The predicted molar refractivity (Wildman–Crippen MR) is 70.4 cm³/mol. The van der Waals surface area contributed by atoms with Crippen molar-refractivity contribution < 1.29 is 4.79 Å². The van der Waals surface area contributed by atoms with Gasteiger partial charge in [0.15, 0.2) is 5.69 Å². The number of aryl methyl sites for hydroxylation is 1. The molecular formula is C12H21N5O. The average Bonchev–Trinajstić information content (AvgIpc) is 2.97. The molecule has 0 radical (unpaired) electrons. The molecule has 0 bridgehead atoms. The van der Waals surface area contributed by atoms with Crippen LogP contribution in [0, 0.1) is 6.92 Å². The molecule has 2 heterocycles. The van der Waals surface area contributed by atoms with Gasteiger partial charge in [-0.05, 0) is 32.9 Å². The van der Waals surface area contributed by atoms with Crippen molar-refractivity contribution in [3.05, 3.63) is 11.4 Å². The van der Waals surface area contributed by atoms with E-state index in [1.54, 1.807) is 11.9 Å². The molecule has 0 atom stereocenters. The molecule has 1 aromatic heterocycles. The Morgan fingerprint density at radius 1 is 1.50 bits per heavy atom. The minimum Gasteiger partial charge on any atom is -0.395 e. The first-order valence-electron chi connectivity index (χ1n) is 6.38. The zero-order valence-electron chi connectivity index (χ0n) is 11.1. The van der Waals surface area contributed by atoms with E-state index in [9.17, 15) is 4.79 Å². The van der Waals surface area contributed by atoms with Gasteiger partial charge in [-0.2, -0.15) is 5.10 Å². The topological polar surface area (TPSA) is 78.2 Å². The molecule has 6 heteroatoms. The molecule has 3 N–H and O–H groups in total. The van der Waals surface area contributed by atoms with Crippen LogP contribution < -0.4 is 5.73 Å². The molecule has 0 aromatic carbocycles. The Balaban J connectivity index is 1.90. The average molecular weight is 251 g/mol. The number of amides is 1. The normalized spacial score (nSPS) is 16.1. The number of H-pyrrole nitrogens is 1. The molecule has 18 heavy (non-hydrogen) atoms. The summed E-state index contributed by atoms with van der Waals surface area (Å²) < 4.78 is 0. The van der Waals surface area contributed by atoms with Crippen molar-refractivity contribution in [2.45, 2.75) is 19.8 Å². The van der Waals surface area contributed by atoms with Crippen LogP contribution in [0.5, 0.6) is 0 Å². The fourth-order valence-corrected chi connectivity index (χ4v) is 2.18. The highest BCUT2D eigenvalue weighted by molar-refractivity contribution is 5.97. The molecule has 100 valence electrons. The molecule has 1 fully saturated rings. The largest absolute Gasteiger partial charge is 0.395 e. The smallest absolute Gasteiger partial charge is 0.276 e. The summed E-state index contributed by atoms with van der Waals surface area (Å²) in [6, 6.07) is 0. The summed E-state index contributed by atoms with van der Waals surface area (Å²) in [4.78, 5) is 16.2. The molecule has 0 aliphatic carbocycles. The van der Waals surface area contributed by atoms with Gasteiger partial charge in [-0.15, -0.1) is 0 Å². The van der Waals surface area contributed by atoms with Crippen molar-refractivity contribution in [2.75, 3.05) is 39.0 Å². The van der Waals surface area contributed by atoms with Crippen molar-refractivity contribution >= 4 is 11.6 Å². The SMILES string of the molecule is Cc1[nH]nc(C(=O)N(C)CCN2CCCC2)c1N. The number of nitrogens with zero attached hydrogens (tertiary/aromatic N) is 3. The number of aromatic nitrogens is 2. The number of carbonyl (C=O) groups excluding carboxylic acids is 1. The molecule has 0 unspecified atom stereocenters. The van der Waals surface area contributed by atoms with E-state index in [2.05, 4.69) is 15.1 Å². The van der Waals surface area contributed by atoms with Gasteiger partial charge in [0.2, 0.25) is 0 Å². The first-order chi connectivity index (χ1) is 8.59. The number of anilines is 1. The summed E-state index contributed by atoms with van der Waals surface area (Å²) in [7, 11) is 1.79. The summed E-state index contributed by atoms with van der Waals surface area (Å²) in [5.41, 5.74) is 7.33. The lowest BCUT2D eigenvalue weighted by Gasteiger charge is -2.20. The number of rotatable bonds is 4. The van der Waals surface area contributed by atoms with Gasteiger partial charge >= 0.3 is 0 Å². The van der Waals surface area contributed by atoms with Gasteiger partial charge in [0.25, 0.3) is 5.91 Å². The number of likely N-dealkylation sites (tertiary alicyclic amines) is 1. The second kappa shape index (κ2) is 5.39. The second-order valence-electron chi connectivity index (χ2n) is 4.89. The summed E-state index contributed by atoms with van der Waals surface area (Å²) in [6.45, 7) is 5.73. The van der Waals surface area contributed by atoms with Crippen LogP contribution in [0.1, 0.15) is 29.0 Å². The van der Waals surface area contributed by atoms with Gasteiger partial charge in [-0.3, -0.25) is 9.89 Å². The number of carbonyl (C=O) groups is 1. The number of hydrogen-bond donors (Lipinski definition) is 2. The number of hydrogen-bond acceptors (Lipinski definition) is 4. The fourth-order valence-electron chi connectivity index (χ4n) is 2.18. The van der Waals surface area contributed by atoms with Crippen LogP contribution in [0.25, 0.3) is 0 Å². The lowest BCUT2D eigenvalue weighted by molar-refractivity contribution is 0.0777. The highest BCUT2D eigenvalue weighted by atomic mass is 16.2. The first-order valence-corrected chi connectivity index (χ1v) is 6.38. The zero-order chi connectivity index (χ0) is 13.1. The fraction of sp³-hybridized carbons (Fsp3) is 0.667. The molecule has 0 saturated carbocycles. The van der Waals surface area contributed by atoms with E-state index in [1.165, 1.54) is 12.8 Å². The monoisotopic (exact) mass is 251 g/mol. The highest BCUT2D eigenvalue weighted by Crippen LogP contribution is 2.14. The van der Waals surface area contributed by atoms with E-state index in [4.69, 9.17) is 5.73 Å².